The molecule has 8 nitrogen and oxygen atoms in total. The quantitative estimate of drug-likeness (QED) is 0.538. The van der Waals surface area contributed by atoms with Gasteiger partial charge in [-0.3, -0.25) is 19.3 Å². The molecule has 1 atom stereocenters. The van der Waals surface area contributed by atoms with Crippen molar-refractivity contribution in [2.75, 3.05) is 24.8 Å². The molecule has 2 heterocycles. The molecule has 0 spiro atoms. The minimum absolute atomic E-state index is 0.151. The topological polar surface area (TPSA) is 102 Å². The van der Waals surface area contributed by atoms with Gasteiger partial charge in [0.15, 0.2) is 22.9 Å². The summed E-state index contributed by atoms with van der Waals surface area (Å²) in [6, 6.07) is 11.8. The van der Waals surface area contributed by atoms with Crippen LogP contribution < -0.4 is 14.4 Å². The summed E-state index contributed by atoms with van der Waals surface area (Å²) in [5.41, 5.74) is -0.671. The van der Waals surface area contributed by atoms with Gasteiger partial charge >= 0.3 is 5.97 Å². The van der Waals surface area contributed by atoms with Crippen molar-refractivity contribution in [1.29, 1.82) is 0 Å². The van der Waals surface area contributed by atoms with E-state index in [9.17, 15) is 19.5 Å². The Morgan fingerprint density at radius 1 is 1.19 bits per heavy atom. The lowest BCUT2D eigenvalue weighted by Crippen LogP contribution is -2.43. The standard InChI is InChI=1S/C23H21NO7/c1-2-29-21(26)13-24-18-6-4-3-5-17(18)23(28,22(24)27)12-16(25)9-7-15-8-10-19-20(11-15)31-14-30-19/h3-11,28H,2,12-14H2,1H3/b9-7-/t23-/m0/s1. The molecule has 160 valence electrons. The Morgan fingerprint density at radius 2 is 1.97 bits per heavy atom. The number of allylic oxidation sites excluding steroid dienone is 1. The molecule has 0 fully saturated rings. The van der Waals surface area contributed by atoms with Crippen LogP contribution in [0.2, 0.25) is 0 Å². The first-order valence-electron chi connectivity index (χ1n) is 9.82. The van der Waals surface area contributed by atoms with E-state index in [4.69, 9.17) is 14.2 Å². The van der Waals surface area contributed by atoms with Gasteiger partial charge in [-0.1, -0.05) is 30.3 Å². The molecule has 2 aromatic carbocycles. The fourth-order valence-electron chi connectivity index (χ4n) is 3.69. The number of para-hydroxylation sites is 1. The maximum absolute atomic E-state index is 13.0. The van der Waals surface area contributed by atoms with E-state index in [0.717, 1.165) is 4.90 Å². The molecule has 0 unspecified atom stereocenters. The van der Waals surface area contributed by atoms with Crippen LogP contribution in [0.15, 0.2) is 48.5 Å². The van der Waals surface area contributed by atoms with E-state index in [-0.39, 0.29) is 25.5 Å². The zero-order chi connectivity index (χ0) is 22.0. The first kappa shape index (κ1) is 20.6. The average molecular weight is 423 g/mol. The summed E-state index contributed by atoms with van der Waals surface area (Å²) in [4.78, 5) is 38.7. The van der Waals surface area contributed by atoms with Gasteiger partial charge in [0, 0.05) is 5.56 Å². The number of rotatable bonds is 7. The highest BCUT2D eigenvalue weighted by Crippen LogP contribution is 2.42. The maximum atomic E-state index is 13.0. The number of ketones is 1. The third kappa shape index (κ3) is 3.89. The third-order valence-electron chi connectivity index (χ3n) is 5.12. The molecule has 0 aromatic heterocycles. The average Bonchev–Trinajstić information content (AvgIpc) is 3.30. The summed E-state index contributed by atoms with van der Waals surface area (Å²) in [7, 11) is 0. The molecule has 2 aliphatic heterocycles. The monoisotopic (exact) mass is 423 g/mol. The van der Waals surface area contributed by atoms with Crippen molar-refractivity contribution in [1.82, 2.24) is 0 Å². The lowest BCUT2D eigenvalue weighted by atomic mass is 9.89. The summed E-state index contributed by atoms with van der Waals surface area (Å²) in [5.74, 6) is -0.549. The Kier molecular flexibility index (Phi) is 5.48. The van der Waals surface area contributed by atoms with Crippen molar-refractivity contribution in [3.8, 4) is 11.5 Å². The molecule has 4 rings (SSSR count). The molecule has 1 amide bonds. The largest absolute Gasteiger partial charge is 0.465 e. The van der Waals surface area contributed by atoms with Crippen molar-refractivity contribution in [3.05, 3.63) is 59.7 Å². The summed E-state index contributed by atoms with van der Waals surface area (Å²) >= 11 is 0. The van der Waals surface area contributed by atoms with Crippen molar-refractivity contribution in [2.24, 2.45) is 0 Å². The number of anilines is 1. The highest BCUT2D eigenvalue weighted by Gasteiger charge is 2.51. The maximum Gasteiger partial charge on any atom is 0.326 e. The Hall–Kier alpha value is -3.65. The Labute approximate surface area is 178 Å². The van der Waals surface area contributed by atoms with Gasteiger partial charge in [0.1, 0.15) is 6.54 Å². The second-order valence-corrected chi connectivity index (χ2v) is 7.16. The van der Waals surface area contributed by atoms with Crippen molar-refractivity contribution >= 4 is 29.4 Å². The molecular weight excluding hydrogens is 402 g/mol. The summed E-state index contributed by atoms with van der Waals surface area (Å²) in [6.07, 6.45) is 2.43. The third-order valence-corrected chi connectivity index (χ3v) is 5.12. The molecule has 31 heavy (non-hydrogen) atoms. The zero-order valence-corrected chi connectivity index (χ0v) is 16.9. The van der Waals surface area contributed by atoms with E-state index in [1.54, 1.807) is 55.5 Å². The van der Waals surface area contributed by atoms with Crippen LogP contribution in [-0.4, -0.2) is 42.7 Å². The van der Waals surface area contributed by atoms with Crippen molar-refractivity contribution < 1.29 is 33.7 Å². The molecule has 2 aromatic rings. The normalized spacial score (nSPS) is 19.0. The van der Waals surface area contributed by atoms with Crippen LogP contribution in [-0.2, 0) is 24.7 Å². The van der Waals surface area contributed by atoms with Crippen LogP contribution in [0.25, 0.3) is 6.08 Å². The number of carbonyl (C=O) groups is 3. The first-order chi connectivity index (χ1) is 14.9. The van der Waals surface area contributed by atoms with Gasteiger partial charge in [-0.15, -0.1) is 0 Å². The Morgan fingerprint density at radius 3 is 2.77 bits per heavy atom. The number of hydrogen-bond donors (Lipinski definition) is 1. The van der Waals surface area contributed by atoms with E-state index in [1.807, 2.05) is 0 Å². The van der Waals surface area contributed by atoms with Gasteiger partial charge in [-0.05, 0) is 36.8 Å². The summed E-state index contributed by atoms with van der Waals surface area (Å²) < 4.78 is 15.5. The smallest absolute Gasteiger partial charge is 0.326 e. The fraction of sp³-hybridized carbons (Fsp3) is 0.261. The van der Waals surface area contributed by atoms with Crippen LogP contribution in [0, 0.1) is 0 Å². The van der Waals surface area contributed by atoms with E-state index in [2.05, 4.69) is 0 Å². The second kappa shape index (κ2) is 8.23. The zero-order valence-electron chi connectivity index (χ0n) is 16.9. The summed E-state index contributed by atoms with van der Waals surface area (Å²) in [6.45, 7) is 1.65. The van der Waals surface area contributed by atoms with Gasteiger partial charge in [0.05, 0.1) is 18.7 Å². The molecule has 0 bridgehead atoms. The number of benzene rings is 2. The minimum atomic E-state index is -2.06. The number of aliphatic hydroxyl groups is 1. The summed E-state index contributed by atoms with van der Waals surface area (Å²) in [5, 5.41) is 11.2. The molecule has 0 radical (unpaired) electrons. The van der Waals surface area contributed by atoms with Crippen LogP contribution in [0.4, 0.5) is 5.69 Å². The first-order valence-corrected chi connectivity index (χ1v) is 9.82. The van der Waals surface area contributed by atoms with Gasteiger partial charge < -0.3 is 19.3 Å². The Bertz CT molecular complexity index is 1080. The second-order valence-electron chi connectivity index (χ2n) is 7.16. The SMILES string of the molecule is CCOC(=O)CN1C(=O)[C@](O)(CC(=O)/C=C\c2ccc3c(c2)OCO3)c2ccccc21. The van der Waals surface area contributed by atoms with Crippen LogP contribution >= 0.6 is 0 Å². The Balaban J connectivity index is 1.53. The molecular formula is C23H21NO7. The van der Waals surface area contributed by atoms with Crippen molar-refractivity contribution in [3.63, 3.8) is 0 Å². The molecule has 0 aliphatic carbocycles. The molecule has 0 saturated carbocycles. The van der Waals surface area contributed by atoms with Crippen molar-refractivity contribution in [2.45, 2.75) is 18.9 Å². The van der Waals surface area contributed by atoms with Crippen LogP contribution in [0.5, 0.6) is 11.5 Å². The highest BCUT2D eigenvalue weighted by atomic mass is 16.7. The molecule has 2 aliphatic rings. The lowest BCUT2D eigenvalue weighted by molar-refractivity contribution is -0.145. The van der Waals surface area contributed by atoms with Gasteiger partial charge in [0.25, 0.3) is 5.91 Å². The molecule has 1 N–H and O–H groups in total. The number of nitrogens with zero attached hydrogens (tertiary/aromatic N) is 1. The van der Waals surface area contributed by atoms with E-state index < -0.39 is 29.7 Å². The van der Waals surface area contributed by atoms with E-state index in [1.165, 1.54) is 6.08 Å². The predicted molar refractivity (Wildman–Crippen MR) is 111 cm³/mol. The highest BCUT2D eigenvalue weighted by molar-refractivity contribution is 6.11. The van der Waals surface area contributed by atoms with Crippen LogP contribution in [0.3, 0.4) is 0 Å². The number of hydrogen-bond acceptors (Lipinski definition) is 7. The van der Waals surface area contributed by atoms with E-state index >= 15 is 0 Å². The number of esters is 1. The molecule has 0 saturated heterocycles. The van der Waals surface area contributed by atoms with Gasteiger partial charge in [-0.25, -0.2) is 0 Å². The van der Waals surface area contributed by atoms with Crippen LogP contribution in [0.1, 0.15) is 24.5 Å². The minimum Gasteiger partial charge on any atom is -0.465 e. The lowest BCUT2D eigenvalue weighted by Gasteiger charge is -2.21. The van der Waals surface area contributed by atoms with E-state index in [0.29, 0.717) is 22.7 Å². The fourth-order valence-corrected chi connectivity index (χ4v) is 3.69. The number of amides is 1. The predicted octanol–water partition coefficient (Wildman–Crippen LogP) is 2.19. The number of ether oxygens (including phenoxy) is 3. The molecule has 8 heteroatoms. The number of carbonyl (C=O) groups excluding carboxylic acids is 3. The van der Waals surface area contributed by atoms with Gasteiger partial charge in [-0.2, -0.15) is 0 Å². The van der Waals surface area contributed by atoms with Gasteiger partial charge in [0.2, 0.25) is 6.79 Å². The number of fused-ring (bicyclic) bond motifs is 2.